The van der Waals surface area contributed by atoms with Crippen molar-refractivity contribution in [1.29, 1.82) is 0 Å². The number of anilines is 1. The van der Waals surface area contributed by atoms with Crippen LogP contribution in [0.25, 0.3) is 0 Å². The lowest BCUT2D eigenvalue weighted by Crippen LogP contribution is -2.25. The number of carbonyl (C=O) groups is 1. The maximum Gasteiger partial charge on any atom is 0.268 e. The average molecular weight is 214 g/mol. The van der Waals surface area contributed by atoms with E-state index in [0.29, 0.717) is 5.69 Å². The fraction of sp³-hybridized carbons (Fsp3) is 0.100. The Hall–Kier alpha value is -1.35. The van der Waals surface area contributed by atoms with E-state index in [1.807, 2.05) is 0 Å². The van der Waals surface area contributed by atoms with Crippen molar-refractivity contribution in [3.63, 3.8) is 0 Å². The second-order valence-electron chi connectivity index (χ2n) is 2.75. The number of halogens is 2. The summed E-state index contributed by atoms with van der Waals surface area (Å²) in [4.78, 5) is 12.6. The van der Waals surface area contributed by atoms with Crippen molar-refractivity contribution in [3.05, 3.63) is 41.7 Å². The Morgan fingerprint density at radius 2 is 2.21 bits per heavy atom. The van der Waals surface area contributed by atoms with Crippen molar-refractivity contribution < 1.29 is 9.18 Å². The molecule has 0 N–H and O–H groups in total. The Balaban J connectivity index is 2.95. The first-order valence-electron chi connectivity index (χ1n) is 3.90. The summed E-state index contributed by atoms with van der Waals surface area (Å²) in [5, 5.41) is -0.100. The Morgan fingerprint density at radius 1 is 1.57 bits per heavy atom. The number of likely N-dealkylation sites (N-methyl/N-ethyl adjacent to an activating group) is 1. The molecule has 0 aromatic heterocycles. The first-order chi connectivity index (χ1) is 6.52. The van der Waals surface area contributed by atoms with Gasteiger partial charge >= 0.3 is 0 Å². The molecule has 0 fully saturated rings. The van der Waals surface area contributed by atoms with Crippen LogP contribution in [0, 0.1) is 5.82 Å². The monoisotopic (exact) mass is 213 g/mol. The molecule has 0 spiro atoms. The van der Waals surface area contributed by atoms with Gasteiger partial charge in [-0.05, 0) is 18.2 Å². The minimum Gasteiger partial charge on any atom is -0.311 e. The third-order valence-corrected chi connectivity index (χ3v) is 1.89. The fourth-order valence-corrected chi connectivity index (χ4v) is 1.11. The number of carbonyl (C=O) groups excluding carboxylic acids is 1. The van der Waals surface area contributed by atoms with Gasteiger partial charge in [-0.1, -0.05) is 24.2 Å². The summed E-state index contributed by atoms with van der Waals surface area (Å²) in [6.45, 7) is 3.30. The van der Waals surface area contributed by atoms with Crippen LogP contribution >= 0.6 is 11.6 Å². The molecule has 0 aliphatic carbocycles. The molecule has 0 saturated carbocycles. The van der Waals surface area contributed by atoms with Gasteiger partial charge in [-0.2, -0.15) is 0 Å². The standard InChI is InChI=1S/C10H9ClFNO/c1-7(11)10(14)13(2)9-5-3-4-8(12)6-9/h3-6H,1H2,2H3. The number of rotatable bonds is 2. The van der Waals surface area contributed by atoms with E-state index in [2.05, 4.69) is 6.58 Å². The molecule has 2 nitrogen and oxygen atoms in total. The Kier molecular flexibility index (Phi) is 3.25. The molecule has 0 radical (unpaired) electrons. The first kappa shape index (κ1) is 10.7. The van der Waals surface area contributed by atoms with Crippen molar-refractivity contribution in [1.82, 2.24) is 0 Å². The summed E-state index contributed by atoms with van der Waals surface area (Å²) in [6.07, 6.45) is 0. The van der Waals surface area contributed by atoms with Crippen LogP contribution in [0.4, 0.5) is 10.1 Å². The highest BCUT2D eigenvalue weighted by atomic mass is 35.5. The van der Waals surface area contributed by atoms with Gasteiger partial charge in [0.2, 0.25) is 0 Å². The van der Waals surface area contributed by atoms with Crippen LogP contribution in [-0.2, 0) is 4.79 Å². The van der Waals surface area contributed by atoms with Gasteiger partial charge in [-0.3, -0.25) is 4.79 Å². The van der Waals surface area contributed by atoms with Crippen LogP contribution < -0.4 is 4.90 Å². The Bertz CT molecular complexity index is 378. The number of hydrogen-bond acceptors (Lipinski definition) is 1. The van der Waals surface area contributed by atoms with Crippen molar-refractivity contribution in [3.8, 4) is 0 Å². The van der Waals surface area contributed by atoms with E-state index in [9.17, 15) is 9.18 Å². The van der Waals surface area contributed by atoms with Crippen LogP contribution in [0.2, 0.25) is 0 Å². The molecular weight excluding hydrogens is 205 g/mol. The average Bonchev–Trinajstić information content (AvgIpc) is 2.15. The molecule has 0 aliphatic rings. The predicted octanol–water partition coefficient (Wildman–Crippen LogP) is 2.54. The molecule has 0 aliphatic heterocycles. The lowest BCUT2D eigenvalue weighted by atomic mass is 10.3. The van der Waals surface area contributed by atoms with Crippen molar-refractivity contribution in [2.45, 2.75) is 0 Å². The van der Waals surface area contributed by atoms with Gasteiger partial charge in [0, 0.05) is 12.7 Å². The van der Waals surface area contributed by atoms with Crippen molar-refractivity contribution in [2.24, 2.45) is 0 Å². The smallest absolute Gasteiger partial charge is 0.268 e. The molecule has 0 bridgehead atoms. The molecule has 1 rings (SSSR count). The van der Waals surface area contributed by atoms with E-state index >= 15 is 0 Å². The summed E-state index contributed by atoms with van der Waals surface area (Å²) < 4.78 is 12.8. The number of benzene rings is 1. The third-order valence-electron chi connectivity index (χ3n) is 1.73. The van der Waals surface area contributed by atoms with E-state index in [1.165, 1.54) is 30.1 Å². The van der Waals surface area contributed by atoms with Gasteiger partial charge in [0.1, 0.15) is 5.82 Å². The zero-order chi connectivity index (χ0) is 10.7. The minimum atomic E-state index is -0.447. The van der Waals surface area contributed by atoms with Crippen LogP contribution in [0.1, 0.15) is 0 Å². The van der Waals surface area contributed by atoms with Gasteiger partial charge in [0.15, 0.2) is 0 Å². The van der Waals surface area contributed by atoms with E-state index in [0.717, 1.165) is 0 Å². The highest BCUT2D eigenvalue weighted by molar-refractivity contribution is 6.43. The second kappa shape index (κ2) is 4.24. The maximum absolute atomic E-state index is 12.8. The van der Waals surface area contributed by atoms with Gasteiger partial charge in [0.25, 0.3) is 5.91 Å². The third kappa shape index (κ3) is 2.33. The molecule has 1 aromatic carbocycles. The van der Waals surface area contributed by atoms with Crippen LogP contribution in [0.3, 0.4) is 0 Å². The lowest BCUT2D eigenvalue weighted by Gasteiger charge is -2.16. The van der Waals surface area contributed by atoms with Crippen molar-refractivity contribution in [2.75, 3.05) is 11.9 Å². The summed E-state index contributed by atoms with van der Waals surface area (Å²) in [5.74, 6) is -0.848. The van der Waals surface area contributed by atoms with Gasteiger partial charge < -0.3 is 4.90 Å². The van der Waals surface area contributed by atoms with Crippen LogP contribution in [0.15, 0.2) is 35.9 Å². The molecule has 0 heterocycles. The lowest BCUT2D eigenvalue weighted by molar-refractivity contribution is -0.114. The zero-order valence-corrected chi connectivity index (χ0v) is 8.38. The van der Waals surface area contributed by atoms with Crippen LogP contribution in [-0.4, -0.2) is 13.0 Å². The number of nitrogens with zero attached hydrogens (tertiary/aromatic N) is 1. The van der Waals surface area contributed by atoms with E-state index in [-0.39, 0.29) is 5.03 Å². The highest BCUT2D eigenvalue weighted by Gasteiger charge is 2.12. The first-order valence-corrected chi connectivity index (χ1v) is 4.28. The number of amides is 1. The summed E-state index contributed by atoms with van der Waals surface area (Å²) in [7, 11) is 1.50. The molecular formula is C10H9ClFNO. The molecule has 0 atom stereocenters. The Morgan fingerprint density at radius 3 is 2.71 bits per heavy atom. The van der Waals surface area contributed by atoms with E-state index in [1.54, 1.807) is 6.07 Å². The zero-order valence-electron chi connectivity index (χ0n) is 7.63. The summed E-state index contributed by atoms with van der Waals surface area (Å²) in [6, 6.07) is 5.68. The van der Waals surface area contributed by atoms with E-state index < -0.39 is 11.7 Å². The minimum absolute atomic E-state index is 0.100. The molecule has 0 saturated heterocycles. The van der Waals surface area contributed by atoms with Gasteiger partial charge in [-0.15, -0.1) is 0 Å². The highest BCUT2D eigenvalue weighted by Crippen LogP contribution is 2.16. The topological polar surface area (TPSA) is 20.3 Å². The molecule has 0 unspecified atom stereocenters. The fourth-order valence-electron chi connectivity index (χ4n) is 0.984. The number of hydrogen-bond donors (Lipinski definition) is 0. The molecule has 74 valence electrons. The molecule has 4 heteroatoms. The predicted molar refractivity (Wildman–Crippen MR) is 54.8 cm³/mol. The normalized spacial score (nSPS) is 9.64. The van der Waals surface area contributed by atoms with E-state index in [4.69, 9.17) is 11.6 Å². The summed E-state index contributed by atoms with van der Waals surface area (Å²) >= 11 is 5.43. The van der Waals surface area contributed by atoms with Gasteiger partial charge in [-0.25, -0.2) is 4.39 Å². The SMILES string of the molecule is C=C(Cl)C(=O)N(C)c1cccc(F)c1. The Labute approximate surface area is 86.6 Å². The molecule has 14 heavy (non-hydrogen) atoms. The second-order valence-corrected chi connectivity index (χ2v) is 3.21. The van der Waals surface area contributed by atoms with Crippen molar-refractivity contribution >= 4 is 23.2 Å². The quantitative estimate of drug-likeness (QED) is 0.692. The maximum atomic E-state index is 12.8. The largest absolute Gasteiger partial charge is 0.311 e. The van der Waals surface area contributed by atoms with Gasteiger partial charge in [0.05, 0.1) is 5.03 Å². The summed E-state index contributed by atoms with van der Waals surface area (Å²) in [5.41, 5.74) is 0.441. The molecule has 1 aromatic rings. The van der Waals surface area contributed by atoms with Crippen LogP contribution in [0.5, 0.6) is 0 Å². The molecule has 1 amide bonds.